The molecule has 1 N–H and O–H groups in total. The molecule has 150 valence electrons. The first-order valence-corrected chi connectivity index (χ1v) is 9.87. The molecule has 0 atom stereocenters. The topological polar surface area (TPSA) is 29.1 Å². The summed E-state index contributed by atoms with van der Waals surface area (Å²) in [5, 5.41) is 3.58. The molecule has 1 fully saturated rings. The summed E-state index contributed by atoms with van der Waals surface area (Å²) in [7, 11) is 0. The van der Waals surface area contributed by atoms with E-state index in [0.29, 0.717) is 10.6 Å². The molecule has 0 saturated carbocycles. The van der Waals surface area contributed by atoms with E-state index in [1.165, 1.54) is 6.07 Å². The van der Waals surface area contributed by atoms with E-state index in [0.717, 1.165) is 56.0 Å². The van der Waals surface area contributed by atoms with Crippen LogP contribution in [0.15, 0.2) is 36.4 Å². The third-order valence-corrected chi connectivity index (χ3v) is 5.59. The van der Waals surface area contributed by atoms with Crippen LogP contribution in [0, 0.1) is 5.92 Å². The summed E-state index contributed by atoms with van der Waals surface area (Å²) >= 11 is 12.0. The van der Waals surface area contributed by atoms with Crippen molar-refractivity contribution in [3.63, 3.8) is 0 Å². The fraction of sp³-hybridized carbons (Fsp3) is 0.381. The Morgan fingerprint density at radius 3 is 2.46 bits per heavy atom. The van der Waals surface area contributed by atoms with Gasteiger partial charge in [0.1, 0.15) is 0 Å². The molecule has 2 aromatic carbocycles. The van der Waals surface area contributed by atoms with Gasteiger partial charge in [0.15, 0.2) is 5.78 Å². The number of Topliss-reactive ketones (excluding diaryl/α,β-unsaturated/α-hetero) is 1. The number of nitrogens with one attached hydrogen (secondary N) is 1. The minimum Gasteiger partial charge on any atom is -0.316 e. The smallest absolute Gasteiger partial charge is 0.316 e. The van der Waals surface area contributed by atoms with Gasteiger partial charge >= 0.3 is 6.18 Å². The van der Waals surface area contributed by atoms with Crippen molar-refractivity contribution in [1.82, 2.24) is 5.32 Å². The number of benzene rings is 2. The summed E-state index contributed by atoms with van der Waals surface area (Å²) in [6, 6.07) is 8.59. The average Bonchev–Trinajstić information content (AvgIpc) is 2.58. The van der Waals surface area contributed by atoms with Crippen LogP contribution in [0.1, 0.15) is 39.9 Å². The molecule has 0 amide bonds. The van der Waals surface area contributed by atoms with Crippen molar-refractivity contribution in [2.75, 3.05) is 13.1 Å². The Labute approximate surface area is 172 Å². The van der Waals surface area contributed by atoms with Crippen molar-refractivity contribution in [2.24, 2.45) is 5.92 Å². The van der Waals surface area contributed by atoms with Gasteiger partial charge in [0.2, 0.25) is 0 Å². The molecule has 2 nitrogen and oxygen atoms in total. The van der Waals surface area contributed by atoms with Crippen LogP contribution in [0.25, 0.3) is 0 Å². The Balaban J connectivity index is 1.68. The van der Waals surface area contributed by atoms with Gasteiger partial charge in [0.25, 0.3) is 0 Å². The molecule has 3 rings (SSSR count). The first kappa shape index (κ1) is 21.2. The Bertz CT molecular complexity index is 863. The Hall–Kier alpha value is -1.56. The number of carbonyl (C=O) groups excluding carboxylic acids is 1. The second-order valence-electron chi connectivity index (χ2n) is 7.13. The monoisotopic (exact) mass is 429 g/mol. The number of alkyl halides is 3. The quantitative estimate of drug-likeness (QED) is 0.548. The summed E-state index contributed by atoms with van der Waals surface area (Å²) in [5.41, 5.74) is 0.159. The summed E-state index contributed by atoms with van der Waals surface area (Å²) in [5.74, 6) is 0.102. The van der Waals surface area contributed by atoms with Gasteiger partial charge in [-0.15, -0.1) is 0 Å². The minimum absolute atomic E-state index is 0.0658. The molecule has 1 aliphatic heterocycles. The number of hydrogen-bond acceptors (Lipinski definition) is 2. The van der Waals surface area contributed by atoms with Crippen LogP contribution in [0.5, 0.6) is 0 Å². The SMILES string of the molecule is O=C(Cc1ccc(CCCC2CNC2)cc1Cl)c1ccc(Cl)cc1C(F)(F)F. The fourth-order valence-electron chi connectivity index (χ4n) is 3.30. The second-order valence-corrected chi connectivity index (χ2v) is 7.97. The lowest BCUT2D eigenvalue weighted by molar-refractivity contribution is -0.137. The Morgan fingerprint density at radius 2 is 1.86 bits per heavy atom. The molecule has 2 aromatic rings. The van der Waals surface area contributed by atoms with E-state index in [4.69, 9.17) is 23.2 Å². The van der Waals surface area contributed by atoms with Gasteiger partial charge in [0, 0.05) is 22.0 Å². The fourth-order valence-corrected chi connectivity index (χ4v) is 3.74. The van der Waals surface area contributed by atoms with Crippen molar-refractivity contribution in [2.45, 2.75) is 31.9 Å². The molecule has 0 aliphatic carbocycles. The predicted molar refractivity (Wildman–Crippen MR) is 105 cm³/mol. The summed E-state index contributed by atoms with van der Waals surface area (Å²) in [4.78, 5) is 12.5. The largest absolute Gasteiger partial charge is 0.417 e. The molecule has 0 bridgehead atoms. The Kier molecular flexibility index (Phi) is 6.69. The van der Waals surface area contributed by atoms with Gasteiger partial charge in [0.05, 0.1) is 5.56 Å². The lowest BCUT2D eigenvalue weighted by Gasteiger charge is -2.26. The van der Waals surface area contributed by atoms with E-state index in [1.54, 1.807) is 12.1 Å². The van der Waals surface area contributed by atoms with Crippen molar-refractivity contribution in [3.8, 4) is 0 Å². The Morgan fingerprint density at radius 1 is 1.11 bits per heavy atom. The van der Waals surface area contributed by atoms with Crippen molar-refractivity contribution in [1.29, 1.82) is 0 Å². The lowest BCUT2D eigenvalue weighted by Crippen LogP contribution is -2.41. The van der Waals surface area contributed by atoms with Crippen LogP contribution in [0.4, 0.5) is 13.2 Å². The molecular formula is C21H20Cl2F3NO. The minimum atomic E-state index is -4.65. The van der Waals surface area contributed by atoms with Crippen LogP contribution in [0.2, 0.25) is 10.0 Å². The van der Waals surface area contributed by atoms with E-state index in [1.807, 2.05) is 6.07 Å². The maximum atomic E-state index is 13.2. The molecule has 1 heterocycles. The number of ketones is 1. The summed E-state index contributed by atoms with van der Waals surface area (Å²) in [6.45, 7) is 2.15. The van der Waals surface area contributed by atoms with Crippen LogP contribution < -0.4 is 5.32 Å². The van der Waals surface area contributed by atoms with Crippen molar-refractivity contribution < 1.29 is 18.0 Å². The highest BCUT2D eigenvalue weighted by atomic mass is 35.5. The maximum Gasteiger partial charge on any atom is 0.417 e. The van der Waals surface area contributed by atoms with Crippen LogP contribution in [-0.2, 0) is 19.0 Å². The first-order valence-electron chi connectivity index (χ1n) is 9.12. The van der Waals surface area contributed by atoms with E-state index >= 15 is 0 Å². The third kappa shape index (κ3) is 5.28. The molecule has 0 spiro atoms. The highest BCUT2D eigenvalue weighted by molar-refractivity contribution is 6.32. The molecule has 0 unspecified atom stereocenters. The van der Waals surface area contributed by atoms with Crippen molar-refractivity contribution in [3.05, 3.63) is 68.7 Å². The highest BCUT2D eigenvalue weighted by Gasteiger charge is 2.35. The van der Waals surface area contributed by atoms with E-state index in [9.17, 15) is 18.0 Å². The van der Waals surface area contributed by atoms with Gasteiger partial charge in [-0.1, -0.05) is 35.3 Å². The first-order chi connectivity index (χ1) is 13.2. The molecule has 1 aliphatic rings. The van der Waals surface area contributed by atoms with Gasteiger partial charge in [-0.05, 0) is 73.7 Å². The average molecular weight is 430 g/mol. The molecular weight excluding hydrogens is 410 g/mol. The van der Waals surface area contributed by atoms with Crippen LogP contribution in [-0.4, -0.2) is 18.9 Å². The molecule has 7 heteroatoms. The van der Waals surface area contributed by atoms with Gasteiger partial charge in [-0.2, -0.15) is 13.2 Å². The maximum absolute atomic E-state index is 13.2. The zero-order valence-electron chi connectivity index (χ0n) is 15.1. The zero-order valence-corrected chi connectivity index (χ0v) is 16.6. The predicted octanol–water partition coefficient (Wildman–Crippen LogP) is 5.98. The van der Waals surface area contributed by atoms with E-state index < -0.39 is 23.1 Å². The molecule has 0 radical (unpaired) electrons. The van der Waals surface area contributed by atoms with E-state index in [2.05, 4.69) is 5.32 Å². The number of rotatable bonds is 7. The standard InChI is InChI=1S/C21H20Cl2F3NO/c22-16-6-7-17(18(10-16)21(24,25)26)20(28)9-15-5-4-13(8-19(15)23)2-1-3-14-11-27-12-14/h4-8,10,14,27H,1-3,9,11-12H2. The van der Waals surface area contributed by atoms with Crippen LogP contribution >= 0.6 is 23.2 Å². The highest BCUT2D eigenvalue weighted by Crippen LogP contribution is 2.34. The lowest BCUT2D eigenvalue weighted by atomic mass is 9.94. The van der Waals surface area contributed by atoms with E-state index in [-0.39, 0.29) is 11.4 Å². The molecule has 0 aromatic heterocycles. The van der Waals surface area contributed by atoms with Crippen LogP contribution in [0.3, 0.4) is 0 Å². The van der Waals surface area contributed by atoms with Crippen molar-refractivity contribution >= 4 is 29.0 Å². The number of halogens is 5. The van der Waals surface area contributed by atoms with Gasteiger partial charge in [-0.3, -0.25) is 4.79 Å². The van der Waals surface area contributed by atoms with Gasteiger partial charge < -0.3 is 5.32 Å². The molecule has 28 heavy (non-hydrogen) atoms. The molecule has 1 saturated heterocycles. The summed E-state index contributed by atoms with van der Waals surface area (Å²) in [6.07, 6.45) is -1.75. The summed E-state index contributed by atoms with van der Waals surface area (Å²) < 4.78 is 39.7. The normalized spacial score (nSPS) is 14.8. The van der Waals surface area contributed by atoms with Gasteiger partial charge in [-0.25, -0.2) is 0 Å². The number of hydrogen-bond donors (Lipinski definition) is 1. The third-order valence-electron chi connectivity index (χ3n) is 5.00. The number of aryl methyl sites for hydroxylation is 1. The second kappa shape index (κ2) is 8.85. The number of carbonyl (C=O) groups is 1. The zero-order chi connectivity index (χ0) is 20.3.